The van der Waals surface area contributed by atoms with Crippen molar-refractivity contribution in [3.05, 3.63) is 101 Å². The van der Waals surface area contributed by atoms with Crippen LogP contribution in [0.2, 0.25) is 0 Å². The van der Waals surface area contributed by atoms with Gasteiger partial charge in [-0.2, -0.15) is 0 Å². The van der Waals surface area contributed by atoms with E-state index >= 15 is 4.39 Å². The fraction of sp³-hybridized carbons (Fsp3) is 0.472. The molecule has 0 spiro atoms. The van der Waals surface area contributed by atoms with Gasteiger partial charge < -0.3 is 23.7 Å². The lowest BCUT2D eigenvalue weighted by atomic mass is 9.77. The molecule has 0 aliphatic heterocycles. The van der Waals surface area contributed by atoms with Crippen LogP contribution in [-0.4, -0.2) is 68.5 Å². The van der Waals surface area contributed by atoms with Crippen LogP contribution in [0.1, 0.15) is 122 Å². The molecule has 0 amide bonds. The molecule has 65 heavy (non-hydrogen) atoms. The minimum absolute atomic E-state index is 0.0645. The Morgan fingerprint density at radius 3 is 1.75 bits per heavy atom. The van der Waals surface area contributed by atoms with Crippen LogP contribution in [-0.2, 0) is 60.6 Å². The maximum atomic E-state index is 15.9. The van der Waals surface area contributed by atoms with Gasteiger partial charge >= 0.3 is 23.9 Å². The van der Waals surface area contributed by atoms with Gasteiger partial charge in [0.2, 0.25) is 11.6 Å². The number of carbonyl (C=O) groups excluding carboxylic acids is 6. The van der Waals surface area contributed by atoms with Crippen molar-refractivity contribution in [1.82, 2.24) is 0 Å². The topological polar surface area (TPSA) is 149 Å². The van der Waals surface area contributed by atoms with Crippen molar-refractivity contribution in [2.75, 3.05) is 33.0 Å². The number of Topliss-reactive ketones (excluding diaryl/α,β-unsaturated/α-hetero) is 2. The number of ether oxygens (including phenoxy) is 5. The zero-order chi connectivity index (χ0) is 47.7. The standard InChI is InChI=1S/C53H65FO11/c1-9-11-12-14-38-16-18-40(19-17-38)41-20-24-46(47(54)29-41)43-21-23-45(39(10-2)27-43)42-22-25-48(44(28-42)15-13-26-61-49(57)34(3)4)62-30-53(31-63-50(58)35(5)6,32-64-51(59)36(7)55)33-65-52(60)37(8)56/h20-25,27-29,38,40H,3,5,9-19,26,30-33H2,1-2,4,6-8H3. The van der Waals surface area contributed by atoms with Gasteiger partial charge in [-0.25, -0.2) is 23.6 Å². The monoisotopic (exact) mass is 896 g/mol. The Balaban J connectivity index is 1.66. The van der Waals surface area contributed by atoms with Gasteiger partial charge in [-0.15, -0.1) is 0 Å². The molecule has 3 aromatic rings. The van der Waals surface area contributed by atoms with Crippen molar-refractivity contribution in [1.29, 1.82) is 0 Å². The van der Waals surface area contributed by atoms with Crippen molar-refractivity contribution in [3.63, 3.8) is 0 Å². The molecule has 1 aliphatic carbocycles. The second kappa shape index (κ2) is 25.0. The van der Waals surface area contributed by atoms with E-state index in [-0.39, 0.29) is 30.2 Å². The SMILES string of the molecule is C=C(C)C(=O)OCCCc1cc(-c2ccc(-c3ccc(C4CCC(CCCCC)CC4)cc3F)cc2CC)ccc1OCC(COC(=O)C(=C)C)(COC(=O)C(C)=O)COC(=O)C(C)=O. The second-order valence-electron chi connectivity index (χ2n) is 17.4. The molecular formula is C53H65FO11. The van der Waals surface area contributed by atoms with Crippen LogP contribution in [0, 0.1) is 17.2 Å². The summed E-state index contributed by atoms with van der Waals surface area (Å²) in [5.74, 6) is -4.21. The van der Waals surface area contributed by atoms with Gasteiger partial charge in [0.25, 0.3) is 0 Å². The third-order valence-corrected chi connectivity index (χ3v) is 11.9. The first-order valence-electron chi connectivity index (χ1n) is 22.7. The molecule has 0 aromatic heterocycles. The van der Waals surface area contributed by atoms with E-state index in [2.05, 4.69) is 26.1 Å². The summed E-state index contributed by atoms with van der Waals surface area (Å²) in [5.41, 5.74) is 4.53. The third kappa shape index (κ3) is 15.4. The van der Waals surface area contributed by atoms with Crippen LogP contribution in [0.4, 0.5) is 4.39 Å². The van der Waals surface area contributed by atoms with E-state index in [4.69, 9.17) is 23.7 Å². The van der Waals surface area contributed by atoms with Crippen molar-refractivity contribution in [3.8, 4) is 28.0 Å². The Morgan fingerprint density at radius 2 is 1.18 bits per heavy atom. The molecule has 0 heterocycles. The number of hydrogen-bond acceptors (Lipinski definition) is 11. The van der Waals surface area contributed by atoms with Crippen LogP contribution < -0.4 is 4.74 Å². The summed E-state index contributed by atoms with van der Waals surface area (Å²) >= 11 is 0. The number of ketones is 2. The minimum atomic E-state index is -1.60. The van der Waals surface area contributed by atoms with Crippen molar-refractivity contribution >= 4 is 35.4 Å². The molecule has 350 valence electrons. The van der Waals surface area contributed by atoms with Gasteiger partial charge in [0.15, 0.2) is 0 Å². The summed E-state index contributed by atoms with van der Waals surface area (Å²) < 4.78 is 43.6. The second-order valence-corrected chi connectivity index (χ2v) is 17.4. The van der Waals surface area contributed by atoms with Gasteiger partial charge in [0.05, 0.1) is 6.61 Å². The molecule has 1 saturated carbocycles. The van der Waals surface area contributed by atoms with E-state index in [9.17, 15) is 28.8 Å². The molecule has 11 nitrogen and oxygen atoms in total. The number of benzene rings is 3. The van der Waals surface area contributed by atoms with Crippen molar-refractivity contribution in [2.45, 2.75) is 118 Å². The van der Waals surface area contributed by atoms with E-state index in [0.717, 1.165) is 60.4 Å². The number of aryl methyl sites for hydroxylation is 2. The normalized spacial score (nSPS) is 14.8. The van der Waals surface area contributed by atoms with Gasteiger partial charge in [0.1, 0.15) is 43.4 Å². The predicted molar refractivity (Wildman–Crippen MR) is 247 cm³/mol. The zero-order valence-electron chi connectivity index (χ0n) is 38.9. The summed E-state index contributed by atoms with van der Waals surface area (Å²) in [6, 6.07) is 17.1. The van der Waals surface area contributed by atoms with E-state index in [0.29, 0.717) is 42.1 Å². The van der Waals surface area contributed by atoms with Crippen molar-refractivity contribution < 1.29 is 56.8 Å². The first-order valence-corrected chi connectivity index (χ1v) is 22.7. The summed E-state index contributed by atoms with van der Waals surface area (Å²) in [5, 5.41) is 0. The van der Waals surface area contributed by atoms with Crippen LogP contribution in [0.25, 0.3) is 22.3 Å². The summed E-state index contributed by atoms with van der Waals surface area (Å²) in [7, 11) is 0. The molecule has 0 unspecified atom stereocenters. The van der Waals surface area contributed by atoms with Crippen LogP contribution >= 0.6 is 0 Å². The lowest BCUT2D eigenvalue weighted by Crippen LogP contribution is -2.45. The lowest BCUT2D eigenvalue weighted by Gasteiger charge is -2.32. The zero-order valence-corrected chi connectivity index (χ0v) is 38.9. The number of carbonyl (C=O) groups is 6. The summed E-state index contributed by atoms with van der Waals surface area (Å²) in [6.07, 6.45) is 11.1. The average molecular weight is 897 g/mol. The number of unbranched alkanes of at least 4 members (excludes halogenated alkanes) is 2. The molecule has 1 aliphatic rings. The maximum absolute atomic E-state index is 15.9. The highest BCUT2D eigenvalue weighted by molar-refractivity contribution is 6.32. The van der Waals surface area contributed by atoms with Crippen LogP contribution in [0.3, 0.4) is 0 Å². The molecule has 3 aromatic carbocycles. The van der Waals surface area contributed by atoms with Gasteiger partial charge in [-0.05, 0) is 122 Å². The Labute approximate surface area is 383 Å². The molecule has 1 fully saturated rings. The number of hydrogen-bond donors (Lipinski definition) is 0. The molecule has 0 saturated heterocycles. The molecule has 0 radical (unpaired) electrons. The number of rotatable bonds is 25. The van der Waals surface area contributed by atoms with Gasteiger partial charge in [-0.3, -0.25) is 9.59 Å². The largest absolute Gasteiger partial charge is 0.492 e. The first kappa shape index (κ1) is 51.7. The summed E-state index contributed by atoms with van der Waals surface area (Å²) in [4.78, 5) is 73.1. The fourth-order valence-corrected chi connectivity index (χ4v) is 7.92. The number of esters is 4. The maximum Gasteiger partial charge on any atom is 0.374 e. The molecule has 12 heteroatoms. The Hall–Kier alpha value is -5.91. The molecular weight excluding hydrogens is 832 g/mol. The molecule has 0 atom stereocenters. The quantitative estimate of drug-likeness (QED) is 0.0263. The lowest BCUT2D eigenvalue weighted by molar-refractivity contribution is -0.168. The minimum Gasteiger partial charge on any atom is -0.492 e. The number of halogens is 1. The predicted octanol–water partition coefficient (Wildman–Crippen LogP) is 10.4. The van der Waals surface area contributed by atoms with Gasteiger partial charge in [-0.1, -0.05) is 89.1 Å². The Kier molecular flexibility index (Phi) is 19.9. The first-order chi connectivity index (χ1) is 31.0. The average Bonchev–Trinajstić information content (AvgIpc) is 3.29. The van der Waals surface area contributed by atoms with Gasteiger partial charge in [0, 0.05) is 30.6 Å². The fourth-order valence-electron chi connectivity index (χ4n) is 7.92. The molecule has 0 N–H and O–H groups in total. The van der Waals surface area contributed by atoms with Crippen molar-refractivity contribution in [2.24, 2.45) is 11.3 Å². The highest BCUT2D eigenvalue weighted by Crippen LogP contribution is 2.40. The van der Waals surface area contributed by atoms with E-state index in [1.54, 1.807) is 19.1 Å². The highest BCUT2D eigenvalue weighted by Gasteiger charge is 2.38. The molecule has 0 bridgehead atoms. The summed E-state index contributed by atoms with van der Waals surface area (Å²) in [6.45, 7) is 14.5. The highest BCUT2D eigenvalue weighted by atomic mass is 19.1. The Bertz CT molecular complexity index is 2140. The van der Waals surface area contributed by atoms with Crippen LogP contribution in [0.5, 0.6) is 5.75 Å². The Morgan fingerprint density at radius 1 is 0.631 bits per heavy atom. The third-order valence-electron chi connectivity index (χ3n) is 11.9. The van der Waals surface area contributed by atoms with E-state index in [1.165, 1.54) is 45.4 Å². The van der Waals surface area contributed by atoms with Crippen LogP contribution in [0.15, 0.2) is 78.9 Å². The smallest absolute Gasteiger partial charge is 0.374 e. The molecule has 4 rings (SSSR count). The van der Waals surface area contributed by atoms with E-state index < -0.39 is 60.7 Å². The van der Waals surface area contributed by atoms with E-state index in [1.807, 2.05) is 43.3 Å².